The highest BCUT2D eigenvalue weighted by molar-refractivity contribution is 5.85. The van der Waals surface area contributed by atoms with Crippen LogP contribution in [0.4, 0.5) is 0 Å². The Morgan fingerprint density at radius 1 is 1.29 bits per heavy atom. The quantitative estimate of drug-likeness (QED) is 0.716. The summed E-state index contributed by atoms with van der Waals surface area (Å²) in [6.45, 7) is 3.37. The van der Waals surface area contributed by atoms with Crippen molar-refractivity contribution in [3.63, 3.8) is 0 Å². The first-order chi connectivity index (χ1) is 5.97. The summed E-state index contributed by atoms with van der Waals surface area (Å²) < 4.78 is 5.31. The maximum absolute atomic E-state index is 11.4. The largest absolute Gasteiger partial charge is 0.461 e. The molecule has 4 heteroatoms. The fraction of sp³-hybridized carbons (Fsp3) is 0.900. The lowest BCUT2D eigenvalue weighted by atomic mass is 10.1. The lowest BCUT2D eigenvalue weighted by molar-refractivity contribution is -0.154. The third-order valence-corrected chi connectivity index (χ3v) is 3.00. The van der Waals surface area contributed by atoms with Crippen LogP contribution in [0.25, 0.3) is 0 Å². The van der Waals surface area contributed by atoms with Gasteiger partial charge in [-0.1, -0.05) is 0 Å². The second kappa shape index (κ2) is 3.70. The topological polar surface area (TPSA) is 52.3 Å². The number of fused-ring (bicyclic) bond motifs is 1. The monoisotopic (exact) mass is 219 g/mol. The van der Waals surface area contributed by atoms with Gasteiger partial charge in [0.2, 0.25) is 0 Å². The molecule has 0 amide bonds. The summed E-state index contributed by atoms with van der Waals surface area (Å²) in [5, 5.41) is 0. The van der Waals surface area contributed by atoms with Crippen LogP contribution in [0.2, 0.25) is 0 Å². The highest BCUT2D eigenvalue weighted by atomic mass is 35.5. The van der Waals surface area contributed by atoms with Crippen molar-refractivity contribution in [3.8, 4) is 0 Å². The number of halogens is 1. The van der Waals surface area contributed by atoms with Crippen molar-refractivity contribution in [1.82, 2.24) is 0 Å². The predicted octanol–water partition coefficient (Wildman–Crippen LogP) is 1.49. The maximum atomic E-state index is 11.4. The average Bonchev–Trinajstić information content (AvgIpc) is 2.57. The minimum absolute atomic E-state index is 0. The first kappa shape index (κ1) is 11.8. The van der Waals surface area contributed by atoms with Crippen molar-refractivity contribution in [2.45, 2.75) is 44.8 Å². The second-order valence-electron chi connectivity index (χ2n) is 4.98. The molecule has 0 heterocycles. The highest BCUT2D eigenvalue weighted by Crippen LogP contribution is 2.52. The standard InChI is InChI=1S/C10H17NO2.ClH/c1-10(2,11)9(12)13-8-4-6-3-7(6)5-8;/h6-8H,3-5,11H2,1-2H3;1H. The van der Waals surface area contributed by atoms with Crippen LogP contribution in [0.1, 0.15) is 33.1 Å². The summed E-state index contributed by atoms with van der Waals surface area (Å²) in [5.74, 6) is 1.43. The zero-order chi connectivity index (χ0) is 9.64. The van der Waals surface area contributed by atoms with Crippen LogP contribution in [0.15, 0.2) is 0 Å². The fourth-order valence-corrected chi connectivity index (χ4v) is 2.06. The Morgan fingerprint density at radius 2 is 1.79 bits per heavy atom. The third-order valence-electron chi connectivity index (χ3n) is 3.00. The van der Waals surface area contributed by atoms with Gasteiger partial charge in [0.25, 0.3) is 0 Å². The fourth-order valence-electron chi connectivity index (χ4n) is 2.06. The molecule has 2 atom stereocenters. The van der Waals surface area contributed by atoms with Crippen LogP contribution in [-0.4, -0.2) is 17.6 Å². The van der Waals surface area contributed by atoms with Gasteiger partial charge in [0.1, 0.15) is 11.6 Å². The Labute approximate surface area is 90.8 Å². The minimum Gasteiger partial charge on any atom is -0.461 e. The Bertz CT molecular complexity index is 227. The summed E-state index contributed by atoms with van der Waals surface area (Å²) in [6.07, 6.45) is 3.62. The van der Waals surface area contributed by atoms with E-state index in [1.807, 2.05) is 0 Å². The summed E-state index contributed by atoms with van der Waals surface area (Å²) >= 11 is 0. The average molecular weight is 220 g/mol. The van der Waals surface area contributed by atoms with Crippen molar-refractivity contribution in [2.24, 2.45) is 17.6 Å². The summed E-state index contributed by atoms with van der Waals surface area (Å²) in [5.41, 5.74) is 4.79. The molecule has 2 aliphatic carbocycles. The molecule has 2 unspecified atom stereocenters. The molecule has 2 saturated carbocycles. The van der Waals surface area contributed by atoms with Crippen LogP contribution in [0.3, 0.4) is 0 Å². The molecule has 3 nitrogen and oxygen atoms in total. The van der Waals surface area contributed by atoms with E-state index in [1.54, 1.807) is 13.8 Å². The van der Waals surface area contributed by atoms with Gasteiger partial charge < -0.3 is 10.5 Å². The molecule has 0 saturated heterocycles. The molecule has 2 fully saturated rings. The van der Waals surface area contributed by atoms with Crippen LogP contribution in [-0.2, 0) is 9.53 Å². The van der Waals surface area contributed by atoms with E-state index in [0.717, 1.165) is 24.7 Å². The molecular formula is C10H18ClNO2. The Kier molecular flexibility index (Phi) is 3.12. The van der Waals surface area contributed by atoms with E-state index >= 15 is 0 Å². The summed E-state index contributed by atoms with van der Waals surface area (Å²) in [7, 11) is 0. The van der Waals surface area contributed by atoms with Gasteiger partial charge in [-0.2, -0.15) is 0 Å². The molecule has 0 aromatic rings. The van der Waals surface area contributed by atoms with Gasteiger partial charge in [0.05, 0.1) is 0 Å². The molecule has 0 aromatic carbocycles. The lowest BCUT2D eigenvalue weighted by Crippen LogP contribution is -2.44. The molecule has 14 heavy (non-hydrogen) atoms. The van der Waals surface area contributed by atoms with Crippen LogP contribution < -0.4 is 5.73 Å². The Balaban J connectivity index is 0.000000980. The smallest absolute Gasteiger partial charge is 0.325 e. The number of ether oxygens (including phenoxy) is 1. The molecule has 2 N–H and O–H groups in total. The van der Waals surface area contributed by atoms with Crippen molar-refractivity contribution in [2.75, 3.05) is 0 Å². The van der Waals surface area contributed by atoms with Crippen molar-refractivity contribution in [3.05, 3.63) is 0 Å². The number of carbonyl (C=O) groups is 1. The molecule has 0 spiro atoms. The zero-order valence-electron chi connectivity index (χ0n) is 8.66. The van der Waals surface area contributed by atoms with Crippen LogP contribution in [0.5, 0.6) is 0 Å². The predicted molar refractivity (Wildman–Crippen MR) is 56.2 cm³/mol. The summed E-state index contributed by atoms with van der Waals surface area (Å²) in [4.78, 5) is 11.4. The van der Waals surface area contributed by atoms with Gasteiger partial charge in [0.15, 0.2) is 0 Å². The van der Waals surface area contributed by atoms with E-state index in [2.05, 4.69) is 0 Å². The number of rotatable bonds is 2. The summed E-state index contributed by atoms with van der Waals surface area (Å²) in [6, 6.07) is 0. The molecule has 82 valence electrons. The molecule has 0 aromatic heterocycles. The van der Waals surface area contributed by atoms with Gasteiger partial charge in [-0.3, -0.25) is 4.79 Å². The molecule has 2 rings (SSSR count). The number of carbonyl (C=O) groups excluding carboxylic acids is 1. The van der Waals surface area contributed by atoms with Crippen molar-refractivity contribution >= 4 is 18.4 Å². The SMILES string of the molecule is CC(C)(N)C(=O)OC1CC2CC2C1.Cl. The molecule has 0 bridgehead atoms. The van der Waals surface area contributed by atoms with Crippen molar-refractivity contribution in [1.29, 1.82) is 0 Å². The normalized spacial score (nSPS) is 34.4. The Hall–Kier alpha value is -0.280. The van der Waals surface area contributed by atoms with Gasteiger partial charge in [-0.25, -0.2) is 0 Å². The van der Waals surface area contributed by atoms with E-state index in [1.165, 1.54) is 6.42 Å². The molecule has 0 aliphatic heterocycles. The van der Waals surface area contributed by atoms with Crippen LogP contribution in [0, 0.1) is 11.8 Å². The van der Waals surface area contributed by atoms with E-state index in [0.29, 0.717) is 0 Å². The Morgan fingerprint density at radius 3 is 2.21 bits per heavy atom. The first-order valence-corrected chi connectivity index (χ1v) is 4.97. The van der Waals surface area contributed by atoms with Gasteiger partial charge >= 0.3 is 5.97 Å². The number of hydrogen-bond acceptors (Lipinski definition) is 3. The van der Waals surface area contributed by atoms with Crippen molar-refractivity contribution < 1.29 is 9.53 Å². The van der Waals surface area contributed by atoms with E-state index < -0.39 is 5.54 Å². The maximum Gasteiger partial charge on any atom is 0.325 e. The second-order valence-corrected chi connectivity index (χ2v) is 4.98. The van der Waals surface area contributed by atoms with Gasteiger partial charge in [0, 0.05) is 0 Å². The van der Waals surface area contributed by atoms with Gasteiger partial charge in [-0.15, -0.1) is 12.4 Å². The van der Waals surface area contributed by atoms with E-state index in [-0.39, 0.29) is 24.5 Å². The van der Waals surface area contributed by atoms with E-state index in [4.69, 9.17) is 10.5 Å². The highest BCUT2D eigenvalue weighted by Gasteiger charge is 2.47. The van der Waals surface area contributed by atoms with Gasteiger partial charge in [-0.05, 0) is 44.9 Å². The van der Waals surface area contributed by atoms with E-state index in [9.17, 15) is 4.79 Å². The molecule has 2 aliphatic rings. The zero-order valence-corrected chi connectivity index (χ0v) is 9.47. The number of nitrogens with two attached hydrogens (primary N) is 1. The number of hydrogen-bond donors (Lipinski definition) is 1. The first-order valence-electron chi connectivity index (χ1n) is 4.97. The molecular weight excluding hydrogens is 202 g/mol. The van der Waals surface area contributed by atoms with Crippen LogP contribution >= 0.6 is 12.4 Å². The number of esters is 1. The molecule has 0 radical (unpaired) electrons. The lowest BCUT2D eigenvalue weighted by Gasteiger charge is -2.21. The third kappa shape index (κ3) is 2.39. The minimum atomic E-state index is -0.840.